The van der Waals surface area contributed by atoms with Crippen LogP contribution in [-0.4, -0.2) is 25.1 Å². The molecule has 0 bridgehead atoms. The summed E-state index contributed by atoms with van der Waals surface area (Å²) < 4.78 is 17.2. The van der Waals surface area contributed by atoms with Crippen molar-refractivity contribution in [1.82, 2.24) is 4.98 Å². The molecular formula is C22H17ClN2O4S. The van der Waals surface area contributed by atoms with E-state index in [4.69, 9.17) is 25.5 Å². The van der Waals surface area contributed by atoms with Gasteiger partial charge in [0.25, 0.3) is 0 Å². The Hall–Kier alpha value is -3.29. The van der Waals surface area contributed by atoms with Gasteiger partial charge in [0, 0.05) is 22.7 Å². The molecule has 0 radical (unpaired) electrons. The van der Waals surface area contributed by atoms with Crippen molar-refractivity contribution in [3.05, 3.63) is 65.4 Å². The van der Waals surface area contributed by atoms with Crippen molar-refractivity contribution in [2.45, 2.75) is 0 Å². The van der Waals surface area contributed by atoms with Crippen molar-refractivity contribution in [2.75, 3.05) is 19.5 Å². The van der Waals surface area contributed by atoms with E-state index in [2.05, 4.69) is 10.3 Å². The van der Waals surface area contributed by atoms with Crippen LogP contribution >= 0.6 is 22.9 Å². The van der Waals surface area contributed by atoms with E-state index in [1.807, 2.05) is 24.3 Å². The lowest BCUT2D eigenvalue weighted by molar-refractivity contribution is -0.111. The number of hydrogen-bond donors (Lipinski definition) is 1. The van der Waals surface area contributed by atoms with Gasteiger partial charge >= 0.3 is 0 Å². The summed E-state index contributed by atoms with van der Waals surface area (Å²) in [6, 6.07) is 14.6. The standard InChI is InChI=1S/C22H17ClN2O4S/c1-27-16-11-18(28-2)21-19(12-16)30-22(25-21)24-20(26)10-8-15-7-9-17(29-15)13-3-5-14(23)6-4-13/h3-12H,1-2H3,(H,24,25,26). The molecule has 0 fully saturated rings. The summed E-state index contributed by atoms with van der Waals surface area (Å²) in [4.78, 5) is 16.8. The van der Waals surface area contributed by atoms with Crippen LogP contribution in [0.5, 0.6) is 11.5 Å². The summed E-state index contributed by atoms with van der Waals surface area (Å²) in [5, 5.41) is 3.89. The molecule has 0 saturated carbocycles. The number of amides is 1. The Balaban J connectivity index is 1.47. The van der Waals surface area contributed by atoms with Crippen LogP contribution in [0.3, 0.4) is 0 Å². The second kappa shape index (κ2) is 8.61. The minimum Gasteiger partial charge on any atom is -0.497 e. The molecule has 30 heavy (non-hydrogen) atoms. The predicted molar refractivity (Wildman–Crippen MR) is 120 cm³/mol. The largest absolute Gasteiger partial charge is 0.497 e. The zero-order valence-corrected chi connectivity index (χ0v) is 17.7. The molecule has 8 heteroatoms. The Morgan fingerprint density at radius 2 is 1.93 bits per heavy atom. The van der Waals surface area contributed by atoms with Crippen molar-refractivity contribution < 1.29 is 18.7 Å². The molecule has 4 rings (SSSR count). The molecule has 0 aliphatic carbocycles. The SMILES string of the molecule is COc1cc(OC)c2nc(NC(=O)C=Cc3ccc(-c4ccc(Cl)cc4)o3)sc2c1. The number of furan rings is 1. The van der Waals surface area contributed by atoms with E-state index in [0.717, 1.165) is 10.3 Å². The zero-order chi connectivity index (χ0) is 21.1. The number of hydrogen-bond acceptors (Lipinski definition) is 6. The fraction of sp³-hybridized carbons (Fsp3) is 0.0909. The fourth-order valence-electron chi connectivity index (χ4n) is 2.82. The third-order valence-electron chi connectivity index (χ3n) is 4.27. The van der Waals surface area contributed by atoms with E-state index in [9.17, 15) is 4.79 Å². The molecule has 2 aromatic heterocycles. The summed E-state index contributed by atoms with van der Waals surface area (Å²) >= 11 is 7.25. The van der Waals surface area contributed by atoms with Gasteiger partial charge in [0.1, 0.15) is 28.5 Å². The van der Waals surface area contributed by atoms with Crippen molar-refractivity contribution in [3.63, 3.8) is 0 Å². The topological polar surface area (TPSA) is 73.6 Å². The Labute approximate surface area is 181 Å². The fourth-order valence-corrected chi connectivity index (χ4v) is 3.86. The lowest BCUT2D eigenvalue weighted by atomic mass is 10.2. The van der Waals surface area contributed by atoms with E-state index in [1.54, 1.807) is 44.6 Å². The Bertz CT molecular complexity index is 1230. The molecule has 152 valence electrons. The van der Waals surface area contributed by atoms with Gasteiger partial charge in [-0.3, -0.25) is 10.1 Å². The Morgan fingerprint density at radius 1 is 1.13 bits per heavy atom. The number of nitrogens with one attached hydrogen (secondary N) is 1. The summed E-state index contributed by atoms with van der Waals surface area (Å²) in [7, 11) is 3.15. The molecule has 0 atom stereocenters. The predicted octanol–water partition coefficient (Wildman–Crippen LogP) is 5.88. The first-order chi connectivity index (χ1) is 14.6. The normalized spacial score (nSPS) is 11.2. The maximum Gasteiger partial charge on any atom is 0.250 e. The molecule has 0 spiro atoms. The highest BCUT2D eigenvalue weighted by Crippen LogP contribution is 2.36. The average Bonchev–Trinajstić information content (AvgIpc) is 3.38. The Kier molecular flexibility index (Phi) is 5.74. The van der Waals surface area contributed by atoms with Crippen LogP contribution in [0.4, 0.5) is 5.13 Å². The molecule has 0 aliphatic heterocycles. The second-order valence-electron chi connectivity index (χ2n) is 6.23. The zero-order valence-electron chi connectivity index (χ0n) is 16.1. The quantitative estimate of drug-likeness (QED) is 0.379. The second-order valence-corrected chi connectivity index (χ2v) is 7.69. The monoisotopic (exact) mass is 440 g/mol. The number of fused-ring (bicyclic) bond motifs is 1. The molecule has 2 aromatic carbocycles. The van der Waals surface area contributed by atoms with Gasteiger partial charge in [-0.2, -0.15) is 0 Å². The van der Waals surface area contributed by atoms with E-state index >= 15 is 0 Å². The number of methoxy groups -OCH3 is 2. The number of ether oxygens (including phenoxy) is 2. The molecular weight excluding hydrogens is 424 g/mol. The summed E-state index contributed by atoms with van der Waals surface area (Å²) in [6.45, 7) is 0. The van der Waals surface area contributed by atoms with Gasteiger partial charge in [-0.05, 0) is 48.5 Å². The first-order valence-electron chi connectivity index (χ1n) is 8.93. The van der Waals surface area contributed by atoms with Gasteiger partial charge in [0.05, 0.1) is 18.9 Å². The minimum atomic E-state index is -0.315. The van der Waals surface area contributed by atoms with Gasteiger partial charge < -0.3 is 13.9 Å². The molecule has 4 aromatic rings. The molecule has 1 N–H and O–H groups in total. The average molecular weight is 441 g/mol. The van der Waals surface area contributed by atoms with Gasteiger partial charge in [-0.25, -0.2) is 4.98 Å². The van der Waals surface area contributed by atoms with E-state index in [0.29, 0.717) is 38.7 Å². The van der Waals surface area contributed by atoms with Crippen LogP contribution in [0, 0.1) is 0 Å². The number of halogens is 1. The maximum absolute atomic E-state index is 12.3. The van der Waals surface area contributed by atoms with Crippen LogP contribution in [0.15, 0.2) is 59.0 Å². The van der Waals surface area contributed by atoms with Gasteiger partial charge in [0.15, 0.2) is 5.13 Å². The van der Waals surface area contributed by atoms with Crippen LogP contribution in [-0.2, 0) is 4.79 Å². The molecule has 2 heterocycles. The van der Waals surface area contributed by atoms with Crippen LogP contribution in [0.25, 0.3) is 27.6 Å². The molecule has 0 unspecified atom stereocenters. The van der Waals surface area contributed by atoms with E-state index < -0.39 is 0 Å². The lowest BCUT2D eigenvalue weighted by Crippen LogP contribution is -2.07. The highest BCUT2D eigenvalue weighted by atomic mass is 35.5. The van der Waals surface area contributed by atoms with Crippen LogP contribution in [0.1, 0.15) is 5.76 Å². The van der Waals surface area contributed by atoms with E-state index in [1.165, 1.54) is 17.4 Å². The van der Waals surface area contributed by atoms with Crippen LogP contribution in [0.2, 0.25) is 5.02 Å². The Morgan fingerprint density at radius 3 is 2.67 bits per heavy atom. The maximum atomic E-state index is 12.3. The third kappa shape index (κ3) is 4.32. The van der Waals surface area contributed by atoms with Crippen LogP contribution < -0.4 is 14.8 Å². The number of carbonyl (C=O) groups is 1. The third-order valence-corrected chi connectivity index (χ3v) is 5.44. The number of rotatable bonds is 6. The number of aromatic nitrogens is 1. The van der Waals surface area contributed by atoms with Gasteiger partial charge in [0.2, 0.25) is 5.91 Å². The minimum absolute atomic E-state index is 0.315. The van der Waals surface area contributed by atoms with Gasteiger partial charge in [-0.15, -0.1) is 0 Å². The summed E-state index contributed by atoms with van der Waals surface area (Å²) in [6.07, 6.45) is 3.00. The number of benzene rings is 2. The number of carbonyl (C=O) groups excluding carboxylic acids is 1. The van der Waals surface area contributed by atoms with Crippen molar-refractivity contribution in [1.29, 1.82) is 0 Å². The van der Waals surface area contributed by atoms with Gasteiger partial charge in [-0.1, -0.05) is 22.9 Å². The van der Waals surface area contributed by atoms with Crippen molar-refractivity contribution in [2.24, 2.45) is 0 Å². The number of nitrogens with zero attached hydrogens (tertiary/aromatic N) is 1. The molecule has 1 amide bonds. The molecule has 0 saturated heterocycles. The number of anilines is 1. The number of thiazole rings is 1. The highest BCUT2D eigenvalue weighted by Gasteiger charge is 2.12. The first kappa shape index (κ1) is 20.0. The highest BCUT2D eigenvalue weighted by molar-refractivity contribution is 7.22. The summed E-state index contributed by atoms with van der Waals surface area (Å²) in [5.41, 5.74) is 1.57. The first-order valence-corrected chi connectivity index (χ1v) is 10.1. The summed E-state index contributed by atoms with van der Waals surface area (Å²) in [5.74, 6) is 2.19. The molecule has 6 nitrogen and oxygen atoms in total. The van der Waals surface area contributed by atoms with Crippen molar-refractivity contribution >= 4 is 50.3 Å². The smallest absolute Gasteiger partial charge is 0.250 e. The van der Waals surface area contributed by atoms with Crippen molar-refractivity contribution in [3.8, 4) is 22.8 Å². The lowest BCUT2D eigenvalue weighted by Gasteiger charge is -2.03. The van der Waals surface area contributed by atoms with E-state index in [-0.39, 0.29) is 5.91 Å². The molecule has 0 aliphatic rings.